The summed E-state index contributed by atoms with van der Waals surface area (Å²) in [5.41, 5.74) is -7.14. The minimum atomic E-state index is -5.29. The summed E-state index contributed by atoms with van der Waals surface area (Å²) in [6, 6.07) is 0.257. The van der Waals surface area contributed by atoms with Crippen LogP contribution in [0.25, 0.3) is 11.6 Å². The number of carbonyl (C=O) groups excluding carboxylic acids is 1. The van der Waals surface area contributed by atoms with E-state index in [9.17, 15) is 46.1 Å². The largest absolute Gasteiger partial charge is 0.474 e. The fraction of sp³-hybridized carbons (Fsp3) is 0.654. The molecule has 2 aromatic heterocycles. The van der Waals surface area contributed by atoms with Gasteiger partial charge in [-0.2, -0.15) is 31.2 Å². The van der Waals surface area contributed by atoms with Crippen LogP contribution in [0.3, 0.4) is 0 Å². The molecule has 2 N–H and O–H groups in total. The molecule has 2 aromatic rings. The molecule has 0 aromatic carbocycles. The van der Waals surface area contributed by atoms with Gasteiger partial charge in [-0.05, 0) is 50.5 Å². The second-order valence-corrected chi connectivity index (χ2v) is 10.6. The molecule has 2 amide bonds. The van der Waals surface area contributed by atoms with E-state index in [1.54, 1.807) is 6.92 Å². The van der Waals surface area contributed by atoms with Gasteiger partial charge in [-0.3, -0.25) is 0 Å². The van der Waals surface area contributed by atoms with Gasteiger partial charge in [-0.15, -0.1) is 10.2 Å². The molecule has 1 aliphatic heterocycles. The zero-order valence-corrected chi connectivity index (χ0v) is 23.0. The molecule has 43 heavy (non-hydrogen) atoms. The van der Waals surface area contributed by atoms with E-state index < -0.39 is 77.3 Å². The first-order valence-electron chi connectivity index (χ1n) is 13.8. The topological polar surface area (TPSA) is 148 Å². The van der Waals surface area contributed by atoms with Crippen LogP contribution in [0.4, 0.5) is 41.6 Å². The van der Waals surface area contributed by atoms with Crippen LogP contribution >= 0.6 is 0 Å². The highest BCUT2D eigenvalue weighted by Crippen LogP contribution is 2.46. The van der Waals surface area contributed by atoms with E-state index in [-0.39, 0.29) is 49.2 Å². The van der Waals surface area contributed by atoms with Gasteiger partial charge >= 0.3 is 24.5 Å². The molecule has 4 bridgehead atoms. The third kappa shape index (κ3) is 7.30. The van der Waals surface area contributed by atoms with Gasteiger partial charge in [0.05, 0.1) is 12.3 Å². The Morgan fingerprint density at radius 1 is 1.12 bits per heavy atom. The van der Waals surface area contributed by atoms with Crippen molar-refractivity contribution in [2.24, 2.45) is 5.92 Å². The van der Waals surface area contributed by atoms with Crippen molar-refractivity contribution in [3.63, 3.8) is 0 Å². The van der Waals surface area contributed by atoms with Crippen LogP contribution in [0.2, 0.25) is 0 Å². The number of amides is 2. The predicted molar refractivity (Wildman–Crippen MR) is 134 cm³/mol. The number of carbonyl (C=O) groups is 2. The van der Waals surface area contributed by atoms with Crippen LogP contribution < -0.4 is 9.64 Å². The zero-order valence-electron chi connectivity index (χ0n) is 23.0. The first-order valence-corrected chi connectivity index (χ1v) is 13.8. The summed E-state index contributed by atoms with van der Waals surface area (Å²) in [6.45, 7) is 1.46. The Bertz CT molecular complexity index is 1310. The average molecular weight is 625 g/mol. The van der Waals surface area contributed by atoms with E-state index in [2.05, 4.69) is 15.2 Å². The third-order valence-corrected chi connectivity index (χ3v) is 7.20. The number of hydrogen-bond donors (Lipinski definition) is 2. The molecule has 0 saturated heterocycles. The van der Waals surface area contributed by atoms with E-state index >= 15 is 0 Å². The molecule has 238 valence electrons. The quantitative estimate of drug-likeness (QED) is 0.259. The number of carboxylic acid groups (broad SMARTS) is 1. The van der Waals surface area contributed by atoms with Crippen LogP contribution in [0.15, 0.2) is 10.5 Å². The second kappa shape index (κ2) is 12.5. The monoisotopic (exact) mass is 624 g/mol. The van der Waals surface area contributed by atoms with Crippen molar-refractivity contribution in [2.45, 2.75) is 95.2 Å². The molecule has 17 heteroatoms. The van der Waals surface area contributed by atoms with Crippen molar-refractivity contribution in [2.75, 3.05) is 11.5 Å². The molecule has 1 saturated carbocycles. The maximum absolute atomic E-state index is 14.3. The van der Waals surface area contributed by atoms with Gasteiger partial charge in [0.25, 0.3) is 11.8 Å². The van der Waals surface area contributed by atoms with Crippen LogP contribution in [-0.4, -0.2) is 56.5 Å². The van der Waals surface area contributed by atoms with Gasteiger partial charge < -0.3 is 24.1 Å². The molecular weight excluding hydrogens is 594 g/mol. The summed E-state index contributed by atoms with van der Waals surface area (Å²) >= 11 is 0. The number of halogens is 6. The number of anilines is 1. The first-order chi connectivity index (χ1) is 20.2. The molecule has 4 rings (SSSR count). The highest BCUT2D eigenvalue weighted by atomic mass is 19.4. The summed E-state index contributed by atoms with van der Waals surface area (Å²) in [7, 11) is 0. The number of nitrogens with zero attached hydrogens (tertiary/aromatic N) is 4. The third-order valence-electron chi connectivity index (χ3n) is 7.20. The number of aliphatic hydroxyl groups is 1. The minimum absolute atomic E-state index is 0.150. The molecule has 1 fully saturated rings. The fourth-order valence-corrected chi connectivity index (χ4v) is 4.65. The number of imide groups is 1. The van der Waals surface area contributed by atoms with Crippen molar-refractivity contribution in [1.82, 2.24) is 15.2 Å². The van der Waals surface area contributed by atoms with Crippen LogP contribution in [-0.2, 0) is 16.5 Å². The van der Waals surface area contributed by atoms with E-state index in [0.29, 0.717) is 19.3 Å². The molecule has 2 atom stereocenters. The normalized spacial score (nSPS) is 21.4. The van der Waals surface area contributed by atoms with Gasteiger partial charge in [-0.25, -0.2) is 14.6 Å². The molecule has 0 spiro atoms. The lowest BCUT2D eigenvalue weighted by Gasteiger charge is -2.27. The molecule has 2 aliphatic rings. The number of hydrogen-bond acceptors (Lipinski definition) is 9. The van der Waals surface area contributed by atoms with Crippen molar-refractivity contribution in [3.05, 3.63) is 17.5 Å². The summed E-state index contributed by atoms with van der Waals surface area (Å²) in [5.74, 6) is -3.15. The number of unbranched alkanes of at least 4 members (excludes halogenated alkanes) is 1. The Kier molecular flexibility index (Phi) is 9.42. The number of aromatic nitrogens is 3. The van der Waals surface area contributed by atoms with Crippen molar-refractivity contribution in [3.8, 4) is 17.5 Å². The molecular formula is C26H30F6N4O7. The highest BCUT2D eigenvalue weighted by Gasteiger charge is 2.58. The maximum atomic E-state index is 14.3. The number of alkyl halides is 6. The first kappa shape index (κ1) is 32.3. The van der Waals surface area contributed by atoms with Crippen molar-refractivity contribution >= 4 is 17.9 Å². The lowest BCUT2D eigenvalue weighted by atomic mass is 9.94. The average Bonchev–Trinajstić information content (AvgIpc) is 3.58. The molecule has 11 nitrogen and oxygen atoms in total. The Morgan fingerprint density at radius 2 is 1.84 bits per heavy atom. The van der Waals surface area contributed by atoms with E-state index in [4.69, 9.17) is 13.9 Å². The van der Waals surface area contributed by atoms with Gasteiger partial charge in [0.15, 0.2) is 5.69 Å². The summed E-state index contributed by atoms with van der Waals surface area (Å²) in [5, 5.41) is 27.2. The Balaban J connectivity index is 1.94. The molecule has 1 aliphatic carbocycles. The summed E-state index contributed by atoms with van der Waals surface area (Å²) < 4.78 is 101. The van der Waals surface area contributed by atoms with E-state index in [0.717, 1.165) is 12.8 Å². The van der Waals surface area contributed by atoms with Crippen LogP contribution in [0.5, 0.6) is 5.88 Å². The fourth-order valence-electron chi connectivity index (χ4n) is 4.65. The number of rotatable bonds is 6. The van der Waals surface area contributed by atoms with Gasteiger partial charge in [0.2, 0.25) is 11.5 Å². The van der Waals surface area contributed by atoms with E-state index in [1.165, 1.54) is 0 Å². The van der Waals surface area contributed by atoms with Gasteiger partial charge in [0.1, 0.15) is 11.7 Å². The van der Waals surface area contributed by atoms with Gasteiger partial charge in [0, 0.05) is 0 Å². The number of ether oxygens (including phenoxy) is 2. The zero-order chi connectivity index (χ0) is 31.6. The van der Waals surface area contributed by atoms with Gasteiger partial charge in [-0.1, -0.05) is 32.6 Å². The maximum Gasteiger partial charge on any atom is 0.426 e. The highest BCUT2D eigenvalue weighted by molar-refractivity contribution is 6.10. The van der Waals surface area contributed by atoms with Crippen molar-refractivity contribution < 1.29 is 60.0 Å². The lowest BCUT2D eigenvalue weighted by Crippen LogP contribution is -2.42. The predicted octanol–water partition coefficient (Wildman–Crippen LogP) is 6.83. The lowest BCUT2D eigenvalue weighted by molar-refractivity contribution is -0.277. The molecule has 1 unspecified atom stereocenters. The smallest absolute Gasteiger partial charge is 0.426 e. The van der Waals surface area contributed by atoms with Crippen LogP contribution in [0, 0.1) is 5.92 Å². The summed E-state index contributed by atoms with van der Waals surface area (Å²) in [6.07, 6.45) is -12.5. The number of fused-ring (bicyclic) bond motifs is 5. The molecule has 0 radical (unpaired) electrons. The summed E-state index contributed by atoms with van der Waals surface area (Å²) in [4.78, 5) is 28.6. The van der Waals surface area contributed by atoms with E-state index in [1.807, 2.05) is 0 Å². The van der Waals surface area contributed by atoms with Crippen LogP contribution in [0.1, 0.15) is 82.6 Å². The minimum Gasteiger partial charge on any atom is -0.474 e. The SMILES string of the molecule is CCCCOC(=O)N(C(=O)O)c1cc(C(F)(F)F)c2nc1-c1nnc(o1)[C@@](O)(C(F)(F)F)CCCCCC(CC1CC1)O2. The Morgan fingerprint density at radius 3 is 2.44 bits per heavy atom. The molecule has 3 heterocycles. The second-order valence-electron chi connectivity index (χ2n) is 10.6. The number of pyridine rings is 1. The Labute approximate surface area is 241 Å². The Hall–Kier alpha value is -3.63. The standard InChI is InChI=1S/C26H30F6N4O7/c1-2-3-11-41-23(39)36(22(37)38)17-13-16(25(27,28)29)19-33-18(17)20-34-35-21(43-20)24(40,26(30,31)32)10-6-4-5-7-15(42-19)12-14-8-9-14/h13-15,40H,2-12H2,1H3,(H,37,38)/t15?,24-/m1/s1. The van der Waals surface area contributed by atoms with Crippen molar-refractivity contribution in [1.29, 1.82) is 0 Å².